The second-order valence-electron chi connectivity index (χ2n) is 2.97. The first kappa shape index (κ1) is 14.7. The zero-order chi connectivity index (χ0) is 12.6. The summed E-state index contributed by atoms with van der Waals surface area (Å²) in [6.07, 6.45) is 0.653. The summed E-state index contributed by atoms with van der Waals surface area (Å²) >= 11 is 0. The smallest absolute Gasteiger partial charge is 0.370 e. The number of hydrogen-bond donors (Lipinski definition) is 2. The Labute approximate surface area is 91.3 Å². The van der Waals surface area contributed by atoms with Gasteiger partial charge in [-0.25, -0.2) is 0 Å². The van der Waals surface area contributed by atoms with Gasteiger partial charge in [-0.1, -0.05) is 0 Å². The topological polar surface area (TPSA) is 64.4 Å². The van der Waals surface area contributed by atoms with E-state index in [1.165, 1.54) is 0 Å². The number of carbonyl (C=O) groups excluding carboxylic acids is 1. The van der Waals surface area contributed by atoms with E-state index in [-0.39, 0.29) is 19.6 Å². The van der Waals surface area contributed by atoms with Crippen LogP contribution in [0.25, 0.3) is 0 Å². The fraction of sp³-hybridized carbons (Fsp3) is 0.667. The van der Waals surface area contributed by atoms with E-state index in [0.717, 1.165) is 0 Å². The molecule has 0 spiro atoms. The minimum Gasteiger partial charge on any atom is -0.370 e. The molecule has 3 N–H and O–H groups in total. The first-order valence-electron chi connectivity index (χ1n) is 4.48. The molecule has 0 bridgehead atoms. The summed E-state index contributed by atoms with van der Waals surface area (Å²) in [7, 11) is 0. The first-order valence-corrected chi connectivity index (χ1v) is 4.48. The lowest BCUT2D eigenvalue weighted by molar-refractivity contribution is -0.173. The Morgan fingerprint density at radius 1 is 1.56 bits per heavy atom. The molecule has 0 aliphatic rings. The third kappa shape index (κ3) is 8.08. The minimum absolute atomic E-state index is 0.0345. The van der Waals surface area contributed by atoms with Crippen LogP contribution in [0.2, 0.25) is 0 Å². The average molecular weight is 238 g/mol. The lowest BCUT2D eigenvalue weighted by atomic mass is 10.2. The molecule has 7 heteroatoms. The van der Waals surface area contributed by atoms with Gasteiger partial charge in [0.05, 0.1) is 12.6 Å². The van der Waals surface area contributed by atoms with Crippen molar-refractivity contribution < 1.29 is 22.7 Å². The van der Waals surface area contributed by atoms with Crippen molar-refractivity contribution in [2.45, 2.75) is 18.6 Å². The highest BCUT2D eigenvalue weighted by Crippen LogP contribution is 2.13. The van der Waals surface area contributed by atoms with Crippen molar-refractivity contribution in [3.63, 3.8) is 0 Å². The highest BCUT2D eigenvalue weighted by molar-refractivity contribution is 5.81. The summed E-state index contributed by atoms with van der Waals surface area (Å²) in [4.78, 5) is 11.1. The van der Waals surface area contributed by atoms with Gasteiger partial charge in [0.2, 0.25) is 5.91 Å². The molecule has 0 aliphatic heterocycles. The van der Waals surface area contributed by atoms with Gasteiger partial charge in [-0.05, 0) is 0 Å². The van der Waals surface area contributed by atoms with Crippen molar-refractivity contribution in [2.75, 3.05) is 19.8 Å². The number of carbonyl (C=O) groups is 1. The van der Waals surface area contributed by atoms with Gasteiger partial charge in [-0.15, -0.1) is 12.3 Å². The van der Waals surface area contributed by atoms with Crippen molar-refractivity contribution in [3.05, 3.63) is 0 Å². The number of rotatable bonds is 6. The van der Waals surface area contributed by atoms with Gasteiger partial charge < -0.3 is 15.8 Å². The summed E-state index contributed by atoms with van der Waals surface area (Å²) in [6.45, 7) is -1.60. The monoisotopic (exact) mass is 238 g/mol. The standard InChI is InChI=1S/C9H13F3N2O2/c1-2-3-7(13)8(15)14-4-5-16-6-9(10,11)12/h1,7H,3-6,13H2,(H,14,15). The molecule has 0 saturated heterocycles. The van der Waals surface area contributed by atoms with Crippen LogP contribution in [0.5, 0.6) is 0 Å². The van der Waals surface area contributed by atoms with Crippen LogP contribution in [0.4, 0.5) is 13.2 Å². The van der Waals surface area contributed by atoms with E-state index in [1.54, 1.807) is 0 Å². The third-order valence-corrected chi connectivity index (χ3v) is 1.49. The Balaban J connectivity index is 3.53. The zero-order valence-corrected chi connectivity index (χ0v) is 8.51. The lowest BCUT2D eigenvalue weighted by Crippen LogP contribution is -2.41. The number of halogens is 3. The molecule has 1 unspecified atom stereocenters. The molecule has 0 heterocycles. The molecule has 0 aromatic rings. The quantitative estimate of drug-likeness (QED) is 0.507. The molecule has 0 aromatic carbocycles. The predicted molar refractivity (Wildman–Crippen MR) is 51.3 cm³/mol. The van der Waals surface area contributed by atoms with Crippen molar-refractivity contribution in [3.8, 4) is 12.3 Å². The molecular formula is C9H13F3N2O2. The average Bonchev–Trinajstić information content (AvgIpc) is 2.15. The molecule has 0 rings (SSSR count). The molecule has 0 saturated carbocycles. The maximum absolute atomic E-state index is 11.6. The number of amides is 1. The fourth-order valence-electron chi connectivity index (χ4n) is 0.785. The zero-order valence-electron chi connectivity index (χ0n) is 8.51. The van der Waals surface area contributed by atoms with E-state index in [4.69, 9.17) is 12.2 Å². The molecule has 16 heavy (non-hydrogen) atoms. The van der Waals surface area contributed by atoms with Gasteiger partial charge in [0.1, 0.15) is 6.61 Å². The summed E-state index contributed by atoms with van der Waals surface area (Å²) in [5.41, 5.74) is 5.34. The van der Waals surface area contributed by atoms with Crippen LogP contribution in [0.1, 0.15) is 6.42 Å². The molecular weight excluding hydrogens is 225 g/mol. The lowest BCUT2D eigenvalue weighted by Gasteiger charge is -2.10. The van der Waals surface area contributed by atoms with Crippen molar-refractivity contribution >= 4 is 5.91 Å². The normalized spacial score (nSPS) is 12.9. The van der Waals surface area contributed by atoms with E-state index in [0.29, 0.717) is 0 Å². The summed E-state index contributed by atoms with van der Waals surface area (Å²) in [5, 5.41) is 2.30. The van der Waals surface area contributed by atoms with E-state index in [1.807, 2.05) is 0 Å². The number of alkyl halides is 3. The molecule has 1 amide bonds. The van der Waals surface area contributed by atoms with Crippen LogP contribution < -0.4 is 11.1 Å². The minimum atomic E-state index is -4.36. The number of nitrogens with two attached hydrogens (primary N) is 1. The molecule has 0 aliphatic carbocycles. The molecule has 4 nitrogen and oxygen atoms in total. The van der Waals surface area contributed by atoms with Gasteiger partial charge in [-0.2, -0.15) is 13.2 Å². The molecule has 0 radical (unpaired) electrons. The van der Waals surface area contributed by atoms with E-state index in [2.05, 4.69) is 16.0 Å². The molecule has 1 atom stereocenters. The third-order valence-electron chi connectivity index (χ3n) is 1.49. The highest BCUT2D eigenvalue weighted by atomic mass is 19.4. The maximum atomic E-state index is 11.6. The van der Waals surface area contributed by atoms with Crippen LogP contribution in [0.3, 0.4) is 0 Å². The van der Waals surface area contributed by atoms with Crippen LogP contribution in [-0.4, -0.2) is 37.9 Å². The second kappa shape index (κ2) is 7.09. The highest BCUT2D eigenvalue weighted by Gasteiger charge is 2.27. The first-order chi connectivity index (χ1) is 7.37. The van der Waals surface area contributed by atoms with E-state index < -0.39 is 24.7 Å². The van der Waals surface area contributed by atoms with Crippen LogP contribution in [-0.2, 0) is 9.53 Å². The number of terminal acetylenes is 1. The van der Waals surface area contributed by atoms with Gasteiger partial charge in [0.25, 0.3) is 0 Å². The SMILES string of the molecule is C#CCC(N)C(=O)NCCOCC(F)(F)F. The fourth-order valence-corrected chi connectivity index (χ4v) is 0.785. The molecule has 92 valence electrons. The van der Waals surface area contributed by atoms with Crippen LogP contribution in [0, 0.1) is 12.3 Å². The van der Waals surface area contributed by atoms with Gasteiger partial charge in [0, 0.05) is 13.0 Å². The van der Waals surface area contributed by atoms with E-state index in [9.17, 15) is 18.0 Å². The van der Waals surface area contributed by atoms with Crippen molar-refractivity contribution in [2.24, 2.45) is 5.73 Å². The number of ether oxygens (including phenoxy) is 1. The predicted octanol–water partition coefficient (Wildman–Crippen LogP) is 0.0321. The summed E-state index contributed by atoms with van der Waals surface area (Å²) in [6, 6.07) is -0.840. The number of nitrogens with one attached hydrogen (secondary N) is 1. The largest absolute Gasteiger partial charge is 0.411 e. The molecule has 0 aromatic heterocycles. The second-order valence-corrected chi connectivity index (χ2v) is 2.97. The van der Waals surface area contributed by atoms with Crippen molar-refractivity contribution in [1.29, 1.82) is 0 Å². The Morgan fingerprint density at radius 3 is 2.69 bits per heavy atom. The Bertz CT molecular complexity index is 260. The Morgan fingerprint density at radius 2 is 2.19 bits per heavy atom. The van der Waals surface area contributed by atoms with Gasteiger partial charge >= 0.3 is 6.18 Å². The van der Waals surface area contributed by atoms with Gasteiger partial charge in [-0.3, -0.25) is 4.79 Å². The maximum Gasteiger partial charge on any atom is 0.411 e. The van der Waals surface area contributed by atoms with E-state index >= 15 is 0 Å². The van der Waals surface area contributed by atoms with Crippen molar-refractivity contribution in [1.82, 2.24) is 5.32 Å². The van der Waals surface area contributed by atoms with Crippen LogP contribution >= 0.6 is 0 Å². The summed E-state index contributed by atoms with van der Waals surface area (Å²) < 4.78 is 39.1. The Hall–Kier alpha value is -1.26. The Kier molecular flexibility index (Phi) is 6.53. The van der Waals surface area contributed by atoms with Gasteiger partial charge in [0.15, 0.2) is 0 Å². The molecule has 0 fully saturated rings. The van der Waals surface area contributed by atoms with Crippen LogP contribution in [0.15, 0.2) is 0 Å². The summed E-state index contributed by atoms with van der Waals surface area (Å²) in [5.74, 6) is 1.70. The number of hydrogen-bond acceptors (Lipinski definition) is 3.